The van der Waals surface area contributed by atoms with Crippen molar-refractivity contribution in [1.29, 1.82) is 0 Å². The molecular formula is C14H23NO5. The Morgan fingerprint density at radius 3 is 2.50 bits per heavy atom. The van der Waals surface area contributed by atoms with Crippen LogP contribution in [0.25, 0.3) is 0 Å². The van der Waals surface area contributed by atoms with E-state index in [9.17, 15) is 9.59 Å². The van der Waals surface area contributed by atoms with Crippen molar-refractivity contribution in [3.63, 3.8) is 0 Å². The number of hydrogen-bond acceptors (Lipinski definition) is 4. The summed E-state index contributed by atoms with van der Waals surface area (Å²) in [4.78, 5) is 22.9. The van der Waals surface area contributed by atoms with Gasteiger partial charge in [-0.1, -0.05) is 13.8 Å². The molecule has 6 nitrogen and oxygen atoms in total. The summed E-state index contributed by atoms with van der Waals surface area (Å²) in [5.74, 6) is -1.21. The Balaban J connectivity index is 1.83. The quantitative estimate of drug-likeness (QED) is 0.785. The molecule has 0 aromatic rings. The maximum Gasteiger partial charge on any atom is 0.332 e. The highest BCUT2D eigenvalue weighted by molar-refractivity contribution is 5.83. The van der Waals surface area contributed by atoms with Gasteiger partial charge in [-0.3, -0.25) is 4.79 Å². The van der Waals surface area contributed by atoms with Crippen molar-refractivity contribution in [3.8, 4) is 0 Å². The molecule has 1 aliphatic heterocycles. The Morgan fingerprint density at radius 2 is 2.00 bits per heavy atom. The van der Waals surface area contributed by atoms with E-state index in [1.165, 1.54) is 0 Å². The van der Waals surface area contributed by atoms with Crippen LogP contribution in [0.2, 0.25) is 0 Å². The summed E-state index contributed by atoms with van der Waals surface area (Å²) in [6, 6.07) is 0.0547. The molecule has 0 aromatic heterocycles. The molecular weight excluding hydrogens is 262 g/mol. The van der Waals surface area contributed by atoms with Gasteiger partial charge in [0.25, 0.3) is 0 Å². The highest BCUT2D eigenvalue weighted by Crippen LogP contribution is 2.42. The molecule has 4 unspecified atom stereocenters. The fraction of sp³-hybridized carbons (Fsp3) is 0.857. The van der Waals surface area contributed by atoms with E-state index in [0.717, 1.165) is 6.42 Å². The van der Waals surface area contributed by atoms with Crippen LogP contribution >= 0.6 is 0 Å². The first kappa shape index (κ1) is 15.3. The van der Waals surface area contributed by atoms with E-state index in [0.29, 0.717) is 19.4 Å². The number of amides is 1. The summed E-state index contributed by atoms with van der Waals surface area (Å²) < 4.78 is 10.9. The Morgan fingerprint density at radius 1 is 1.35 bits per heavy atom. The molecule has 2 rings (SSSR count). The lowest BCUT2D eigenvalue weighted by Crippen LogP contribution is -2.63. The topological polar surface area (TPSA) is 84.9 Å². The molecule has 1 aliphatic carbocycles. The van der Waals surface area contributed by atoms with Crippen LogP contribution in [0.3, 0.4) is 0 Å². The molecule has 4 atom stereocenters. The first-order valence-corrected chi connectivity index (χ1v) is 7.16. The van der Waals surface area contributed by atoms with Crippen LogP contribution in [0.1, 0.15) is 40.0 Å². The van der Waals surface area contributed by atoms with Crippen LogP contribution in [0.15, 0.2) is 0 Å². The lowest BCUT2D eigenvalue weighted by molar-refractivity contribution is -0.154. The number of carbonyl (C=O) groups excluding carboxylic acids is 1. The van der Waals surface area contributed by atoms with E-state index >= 15 is 0 Å². The zero-order valence-corrected chi connectivity index (χ0v) is 12.2. The molecule has 0 spiro atoms. The second kappa shape index (κ2) is 5.69. The highest BCUT2D eigenvalue weighted by Gasteiger charge is 2.50. The van der Waals surface area contributed by atoms with E-state index < -0.39 is 18.2 Å². The van der Waals surface area contributed by atoms with Crippen LogP contribution in [0, 0.1) is 5.41 Å². The summed E-state index contributed by atoms with van der Waals surface area (Å²) >= 11 is 0. The summed E-state index contributed by atoms with van der Waals surface area (Å²) in [5, 5.41) is 11.8. The van der Waals surface area contributed by atoms with Gasteiger partial charge in [-0.2, -0.15) is 0 Å². The number of nitrogens with one attached hydrogen (secondary N) is 1. The Kier molecular flexibility index (Phi) is 4.34. The lowest BCUT2D eigenvalue weighted by atomic mass is 9.64. The molecule has 1 amide bonds. The molecule has 6 heteroatoms. The van der Waals surface area contributed by atoms with Crippen LogP contribution in [-0.2, 0) is 19.1 Å². The predicted molar refractivity (Wildman–Crippen MR) is 71.3 cm³/mol. The highest BCUT2D eigenvalue weighted by atomic mass is 16.5. The molecule has 1 saturated heterocycles. The minimum Gasteiger partial charge on any atom is -0.479 e. The standard InChI is InChI=1S/C14H23NO5/c1-4-19-11-7-10(14(11,2)3)15-12(16)8-5-6-9(20-8)13(17)18/h8-11H,4-7H2,1-3H3,(H,15,16)(H,17,18). The number of carboxylic acids is 1. The zero-order chi connectivity index (χ0) is 14.9. The molecule has 1 heterocycles. The lowest BCUT2D eigenvalue weighted by Gasteiger charge is -2.51. The van der Waals surface area contributed by atoms with Crippen molar-refractivity contribution in [2.45, 2.75) is 64.4 Å². The molecule has 0 bridgehead atoms. The van der Waals surface area contributed by atoms with Crippen molar-refractivity contribution < 1.29 is 24.2 Å². The number of aliphatic carboxylic acids is 1. The molecule has 0 aromatic carbocycles. The van der Waals surface area contributed by atoms with Crippen molar-refractivity contribution in [3.05, 3.63) is 0 Å². The van der Waals surface area contributed by atoms with Gasteiger partial charge >= 0.3 is 5.97 Å². The Labute approximate surface area is 118 Å². The van der Waals surface area contributed by atoms with Gasteiger partial charge in [0.2, 0.25) is 5.91 Å². The van der Waals surface area contributed by atoms with E-state index in [-0.39, 0.29) is 23.5 Å². The van der Waals surface area contributed by atoms with Gasteiger partial charge in [0.15, 0.2) is 6.10 Å². The largest absolute Gasteiger partial charge is 0.479 e. The van der Waals surface area contributed by atoms with E-state index in [4.69, 9.17) is 14.6 Å². The van der Waals surface area contributed by atoms with Gasteiger partial charge < -0.3 is 19.9 Å². The fourth-order valence-electron chi connectivity index (χ4n) is 2.89. The Bertz CT molecular complexity index is 395. The molecule has 2 fully saturated rings. The van der Waals surface area contributed by atoms with Gasteiger partial charge in [0.1, 0.15) is 6.10 Å². The van der Waals surface area contributed by atoms with E-state index in [1.807, 2.05) is 6.92 Å². The van der Waals surface area contributed by atoms with Crippen LogP contribution in [-0.4, -0.2) is 47.9 Å². The van der Waals surface area contributed by atoms with Crippen molar-refractivity contribution in [2.75, 3.05) is 6.61 Å². The third-order valence-corrected chi connectivity index (χ3v) is 4.45. The van der Waals surface area contributed by atoms with Crippen molar-refractivity contribution in [2.24, 2.45) is 5.41 Å². The van der Waals surface area contributed by atoms with Gasteiger partial charge in [0.05, 0.1) is 6.10 Å². The predicted octanol–water partition coefficient (Wildman–Crippen LogP) is 0.938. The molecule has 2 aliphatic rings. The second-order valence-electron chi connectivity index (χ2n) is 6.09. The fourth-order valence-corrected chi connectivity index (χ4v) is 2.89. The van der Waals surface area contributed by atoms with Crippen molar-refractivity contribution in [1.82, 2.24) is 5.32 Å². The maximum absolute atomic E-state index is 12.1. The van der Waals surface area contributed by atoms with Gasteiger partial charge in [-0.05, 0) is 26.2 Å². The summed E-state index contributed by atoms with van der Waals surface area (Å²) in [5.41, 5.74) is -0.101. The smallest absolute Gasteiger partial charge is 0.332 e. The number of hydrogen-bond donors (Lipinski definition) is 2. The van der Waals surface area contributed by atoms with Gasteiger partial charge in [-0.25, -0.2) is 4.79 Å². The summed E-state index contributed by atoms with van der Waals surface area (Å²) in [6.45, 7) is 6.76. The third kappa shape index (κ3) is 2.81. The van der Waals surface area contributed by atoms with E-state index in [2.05, 4.69) is 19.2 Å². The number of carboxylic acid groups (broad SMARTS) is 1. The summed E-state index contributed by atoms with van der Waals surface area (Å²) in [7, 11) is 0. The molecule has 1 saturated carbocycles. The average molecular weight is 285 g/mol. The SMILES string of the molecule is CCOC1CC(NC(=O)C2CCC(C(=O)O)O2)C1(C)C. The zero-order valence-electron chi connectivity index (χ0n) is 12.2. The van der Waals surface area contributed by atoms with Crippen molar-refractivity contribution >= 4 is 11.9 Å². The second-order valence-corrected chi connectivity index (χ2v) is 6.09. The third-order valence-electron chi connectivity index (χ3n) is 4.45. The van der Waals surface area contributed by atoms with Crippen LogP contribution in [0.5, 0.6) is 0 Å². The number of ether oxygens (including phenoxy) is 2. The minimum atomic E-state index is -0.999. The first-order chi connectivity index (χ1) is 9.36. The normalized spacial score (nSPS) is 35.4. The molecule has 0 radical (unpaired) electrons. The number of rotatable bonds is 5. The van der Waals surface area contributed by atoms with Gasteiger partial charge in [0, 0.05) is 18.1 Å². The average Bonchev–Trinajstić information content (AvgIpc) is 2.87. The van der Waals surface area contributed by atoms with E-state index in [1.54, 1.807) is 0 Å². The number of carbonyl (C=O) groups is 2. The molecule has 2 N–H and O–H groups in total. The van der Waals surface area contributed by atoms with Crippen LogP contribution in [0.4, 0.5) is 0 Å². The minimum absolute atomic E-state index is 0.0547. The molecule has 114 valence electrons. The summed E-state index contributed by atoms with van der Waals surface area (Å²) in [6.07, 6.45) is 0.318. The molecule has 20 heavy (non-hydrogen) atoms. The van der Waals surface area contributed by atoms with Crippen LogP contribution < -0.4 is 5.32 Å². The van der Waals surface area contributed by atoms with Gasteiger partial charge in [-0.15, -0.1) is 0 Å². The Hall–Kier alpha value is -1.14. The maximum atomic E-state index is 12.1. The first-order valence-electron chi connectivity index (χ1n) is 7.16. The monoisotopic (exact) mass is 285 g/mol.